The van der Waals surface area contributed by atoms with E-state index in [9.17, 15) is 9.18 Å². The number of hydrogen-bond acceptors (Lipinski definition) is 3. The number of benzene rings is 2. The normalized spacial score (nSPS) is 10.7. The summed E-state index contributed by atoms with van der Waals surface area (Å²) in [5, 5.41) is 4.82. The minimum absolute atomic E-state index is 0.0708. The monoisotopic (exact) mass is 340 g/mol. The zero-order chi connectivity index (χ0) is 16.8. The number of halogens is 1. The fraction of sp³-hybridized carbons (Fsp3) is 0.158. The van der Waals surface area contributed by atoms with E-state index in [0.29, 0.717) is 12.1 Å². The largest absolute Gasteiger partial charge is 0.352 e. The number of carbonyl (C=O) groups excluding carboxylic acids is 1. The molecule has 5 heteroatoms. The Hall–Kier alpha value is -2.40. The van der Waals surface area contributed by atoms with Crippen LogP contribution in [0.15, 0.2) is 65.8 Å². The van der Waals surface area contributed by atoms with Gasteiger partial charge in [0.1, 0.15) is 5.82 Å². The first-order valence-corrected chi connectivity index (χ1v) is 8.72. The first-order chi connectivity index (χ1) is 11.7. The van der Waals surface area contributed by atoms with Gasteiger partial charge in [-0.25, -0.2) is 4.39 Å². The lowest BCUT2D eigenvalue weighted by atomic mass is 10.1. The van der Waals surface area contributed by atoms with Crippen molar-refractivity contribution in [2.75, 3.05) is 12.3 Å². The van der Waals surface area contributed by atoms with Gasteiger partial charge in [-0.05, 0) is 54.0 Å². The van der Waals surface area contributed by atoms with Gasteiger partial charge in [0, 0.05) is 34.8 Å². The molecule has 0 radical (unpaired) electrons. The van der Waals surface area contributed by atoms with E-state index in [4.69, 9.17) is 0 Å². The summed E-state index contributed by atoms with van der Waals surface area (Å²) < 4.78 is 12.8. The van der Waals surface area contributed by atoms with Gasteiger partial charge in [-0.15, -0.1) is 11.8 Å². The fourth-order valence-electron chi connectivity index (χ4n) is 2.41. The summed E-state index contributed by atoms with van der Waals surface area (Å²) in [6.45, 7) is 0.606. The van der Waals surface area contributed by atoms with Crippen LogP contribution in [0.3, 0.4) is 0 Å². The highest BCUT2D eigenvalue weighted by atomic mass is 32.2. The van der Waals surface area contributed by atoms with Crippen LogP contribution < -0.4 is 5.32 Å². The molecule has 122 valence electrons. The summed E-state index contributed by atoms with van der Waals surface area (Å²) >= 11 is 1.65. The standard InChI is InChI=1S/C19H17FN2OS/c20-15-5-7-16(8-6-15)24-12-2-10-22-19(23)18-4-1-3-14-13-21-11-9-17(14)18/h1,3-9,11,13H,2,10,12H2,(H,22,23). The molecule has 24 heavy (non-hydrogen) atoms. The summed E-state index contributed by atoms with van der Waals surface area (Å²) in [6.07, 6.45) is 4.30. The third kappa shape index (κ3) is 4.11. The van der Waals surface area contributed by atoms with Gasteiger partial charge in [0.15, 0.2) is 0 Å². The molecule has 1 amide bonds. The predicted octanol–water partition coefficient (Wildman–Crippen LogP) is 4.29. The van der Waals surface area contributed by atoms with Crippen molar-refractivity contribution in [3.8, 4) is 0 Å². The van der Waals surface area contributed by atoms with Crippen LogP contribution in [0.4, 0.5) is 4.39 Å². The van der Waals surface area contributed by atoms with Gasteiger partial charge in [-0.2, -0.15) is 0 Å². The number of aromatic nitrogens is 1. The van der Waals surface area contributed by atoms with Crippen LogP contribution in [-0.4, -0.2) is 23.2 Å². The lowest BCUT2D eigenvalue weighted by Crippen LogP contribution is -2.25. The maximum Gasteiger partial charge on any atom is 0.251 e. The van der Waals surface area contributed by atoms with E-state index in [1.807, 2.05) is 24.3 Å². The Morgan fingerprint density at radius 2 is 1.96 bits per heavy atom. The van der Waals surface area contributed by atoms with E-state index >= 15 is 0 Å². The molecular weight excluding hydrogens is 323 g/mol. The lowest BCUT2D eigenvalue weighted by molar-refractivity contribution is 0.0955. The number of amides is 1. The molecule has 3 aromatic rings. The molecule has 3 rings (SSSR count). The van der Waals surface area contributed by atoms with Crippen LogP contribution in [0.25, 0.3) is 10.8 Å². The average Bonchev–Trinajstić information content (AvgIpc) is 2.62. The Bertz CT molecular complexity index is 831. The van der Waals surface area contributed by atoms with E-state index in [1.165, 1.54) is 12.1 Å². The Morgan fingerprint density at radius 1 is 1.12 bits per heavy atom. The Labute approximate surface area is 144 Å². The second-order valence-corrected chi connectivity index (χ2v) is 6.48. The van der Waals surface area contributed by atoms with Gasteiger partial charge >= 0.3 is 0 Å². The molecule has 0 saturated heterocycles. The Balaban J connectivity index is 1.49. The highest BCUT2D eigenvalue weighted by Crippen LogP contribution is 2.19. The van der Waals surface area contributed by atoms with Crippen LogP contribution in [0.5, 0.6) is 0 Å². The maximum atomic E-state index is 12.8. The molecule has 0 aliphatic heterocycles. The maximum absolute atomic E-state index is 12.8. The zero-order valence-corrected chi connectivity index (χ0v) is 13.9. The van der Waals surface area contributed by atoms with Crippen LogP contribution in [0.2, 0.25) is 0 Å². The quantitative estimate of drug-likeness (QED) is 0.538. The Morgan fingerprint density at radius 3 is 2.79 bits per heavy atom. The van der Waals surface area contributed by atoms with Gasteiger partial charge in [0.05, 0.1) is 0 Å². The molecule has 0 aliphatic carbocycles. The summed E-state index contributed by atoms with van der Waals surface area (Å²) in [5.41, 5.74) is 0.668. The topological polar surface area (TPSA) is 42.0 Å². The van der Waals surface area contributed by atoms with Crippen molar-refractivity contribution < 1.29 is 9.18 Å². The van der Waals surface area contributed by atoms with Crippen LogP contribution >= 0.6 is 11.8 Å². The van der Waals surface area contributed by atoms with E-state index in [2.05, 4.69) is 10.3 Å². The molecule has 0 bridgehead atoms. The number of fused-ring (bicyclic) bond motifs is 1. The van der Waals surface area contributed by atoms with Crippen LogP contribution in [-0.2, 0) is 0 Å². The van der Waals surface area contributed by atoms with Gasteiger partial charge < -0.3 is 5.32 Å². The van der Waals surface area contributed by atoms with Crippen molar-refractivity contribution in [2.45, 2.75) is 11.3 Å². The highest BCUT2D eigenvalue weighted by Gasteiger charge is 2.08. The number of pyridine rings is 1. The molecule has 0 atom stereocenters. The smallest absolute Gasteiger partial charge is 0.251 e. The molecule has 0 spiro atoms. The molecule has 0 unspecified atom stereocenters. The van der Waals surface area contributed by atoms with Gasteiger partial charge in [0.25, 0.3) is 5.91 Å². The van der Waals surface area contributed by atoms with Crippen LogP contribution in [0, 0.1) is 5.82 Å². The number of nitrogens with zero attached hydrogens (tertiary/aromatic N) is 1. The van der Waals surface area contributed by atoms with E-state index in [0.717, 1.165) is 27.8 Å². The van der Waals surface area contributed by atoms with Gasteiger partial charge in [-0.3, -0.25) is 9.78 Å². The summed E-state index contributed by atoms with van der Waals surface area (Å²) in [7, 11) is 0. The minimum Gasteiger partial charge on any atom is -0.352 e. The lowest BCUT2D eigenvalue weighted by Gasteiger charge is -2.08. The third-order valence-electron chi connectivity index (χ3n) is 3.61. The number of carbonyl (C=O) groups is 1. The van der Waals surface area contributed by atoms with Crippen molar-refractivity contribution in [1.82, 2.24) is 10.3 Å². The molecule has 0 saturated carbocycles. The second kappa shape index (κ2) is 7.93. The Kier molecular flexibility index (Phi) is 5.43. The van der Waals surface area contributed by atoms with Crippen molar-refractivity contribution >= 4 is 28.4 Å². The van der Waals surface area contributed by atoms with Crippen molar-refractivity contribution in [2.24, 2.45) is 0 Å². The molecule has 1 aromatic heterocycles. The van der Waals surface area contributed by atoms with Crippen molar-refractivity contribution in [1.29, 1.82) is 0 Å². The first kappa shape index (κ1) is 16.5. The molecule has 1 heterocycles. The van der Waals surface area contributed by atoms with Crippen molar-refractivity contribution in [3.05, 3.63) is 72.3 Å². The summed E-state index contributed by atoms with van der Waals surface area (Å²) in [4.78, 5) is 17.5. The summed E-state index contributed by atoms with van der Waals surface area (Å²) in [5.74, 6) is 0.571. The molecule has 0 aliphatic rings. The van der Waals surface area contributed by atoms with Crippen LogP contribution in [0.1, 0.15) is 16.8 Å². The first-order valence-electron chi connectivity index (χ1n) is 7.73. The minimum atomic E-state index is -0.225. The molecule has 1 N–H and O–H groups in total. The zero-order valence-electron chi connectivity index (χ0n) is 13.0. The molecule has 0 fully saturated rings. The third-order valence-corrected chi connectivity index (χ3v) is 4.71. The summed E-state index contributed by atoms with van der Waals surface area (Å²) in [6, 6.07) is 13.9. The average molecular weight is 340 g/mol. The van der Waals surface area contributed by atoms with E-state index < -0.39 is 0 Å². The van der Waals surface area contributed by atoms with Gasteiger partial charge in [0.2, 0.25) is 0 Å². The number of nitrogens with one attached hydrogen (secondary N) is 1. The highest BCUT2D eigenvalue weighted by molar-refractivity contribution is 7.99. The molecule has 2 aromatic carbocycles. The van der Waals surface area contributed by atoms with Crippen molar-refractivity contribution in [3.63, 3.8) is 0 Å². The number of rotatable bonds is 6. The van der Waals surface area contributed by atoms with E-state index in [1.54, 1.807) is 36.3 Å². The molecule has 3 nitrogen and oxygen atoms in total. The second-order valence-electron chi connectivity index (χ2n) is 5.31. The predicted molar refractivity (Wildman–Crippen MR) is 95.8 cm³/mol. The number of thioether (sulfide) groups is 1. The van der Waals surface area contributed by atoms with Gasteiger partial charge in [-0.1, -0.05) is 12.1 Å². The SMILES string of the molecule is O=C(NCCCSc1ccc(F)cc1)c1cccc2cnccc12. The number of hydrogen-bond donors (Lipinski definition) is 1. The fourth-order valence-corrected chi connectivity index (χ4v) is 3.26. The van der Waals surface area contributed by atoms with E-state index in [-0.39, 0.29) is 11.7 Å². The molecular formula is C19H17FN2OS.